The molecule has 14 heavy (non-hydrogen) atoms. The van der Waals surface area contributed by atoms with Gasteiger partial charge in [0.1, 0.15) is 5.75 Å². The number of fused-ring (bicyclic) bond motifs is 1. The average Bonchev–Trinajstić information content (AvgIpc) is 2.27. The Hall–Kier alpha value is -1.58. The first kappa shape index (κ1) is 8.99. The van der Waals surface area contributed by atoms with Gasteiger partial charge in [-0.15, -0.1) is 4.91 Å². The number of methoxy groups -OCH3 is 1. The minimum Gasteiger partial charge on any atom is -0.497 e. The van der Waals surface area contributed by atoms with Gasteiger partial charge in [0.2, 0.25) is 0 Å². The van der Waals surface area contributed by atoms with Gasteiger partial charge in [0.25, 0.3) is 0 Å². The van der Waals surface area contributed by atoms with Gasteiger partial charge >= 0.3 is 0 Å². The SMILES string of the molecule is COc1ccc2c(c1)CCN(N=O)C2. The van der Waals surface area contributed by atoms with Crippen molar-refractivity contribution >= 4 is 0 Å². The molecule has 4 heteroatoms. The van der Waals surface area contributed by atoms with Crippen molar-refractivity contribution in [2.24, 2.45) is 5.29 Å². The van der Waals surface area contributed by atoms with E-state index in [0.717, 1.165) is 17.7 Å². The Morgan fingerprint density at radius 2 is 2.29 bits per heavy atom. The quantitative estimate of drug-likeness (QED) is 0.670. The molecule has 1 aromatic carbocycles. The predicted octanol–water partition coefficient (Wildman–Crippen LogP) is 1.73. The van der Waals surface area contributed by atoms with Gasteiger partial charge in [0.05, 0.1) is 18.9 Å². The molecule has 0 radical (unpaired) electrons. The first-order valence-electron chi connectivity index (χ1n) is 4.57. The van der Waals surface area contributed by atoms with Gasteiger partial charge in [0.15, 0.2) is 0 Å². The molecule has 0 saturated heterocycles. The Balaban J connectivity index is 2.27. The first-order valence-corrected chi connectivity index (χ1v) is 4.57. The number of nitrogens with zero attached hydrogens (tertiary/aromatic N) is 2. The summed E-state index contributed by atoms with van der Waals surface area (Å²) >= 11 is 0. The molecule has 1 heterocycles. The van der Waals surface area contributed by atoms with Crippen LogP contribution in [-0.4, -0.2) is 18.7 Å². The number of hydrogen-bond acceptors (Lipinski definition) is 3. The molecule has 1 aliphatic rings. The lowest BCUT2D eigenvalue weighted by molar-refractivity contribution is 0.263. The van der Waals surface area contributed by atoms with Crippen LogP contribution in [0.3, 0.4) is 0 Å². The molecule has 0 amide bonds. The zero-order valence-electron chi connectivity index (χ0n) is 8.06. The van der Waals surface area contributed by atoms with E-state index in [2.05, 4.69) is 5.29 Å². The smallest absolute Gasteiger partial charge is 0.119 e. The monoisotopic (exact) mass is 192 g/mol. The molecule has 4 nitrogen and oxygen atoms in total. The van der Waals surface area contributed by atoms with Crippen LogP contribution < -0.4 is 4.74 Å². The van der Waals surface area contributed by atoms with E-state index < -0.39 is 0 Å². The number of hydrogen-bond donors (Lipinski definition) is 0. The lowest BCUT2D eigenvalue weighted by atomic mass is 10.0. The zero-order valence-corrected chi connectivity index (χ0v) is 8.06. The fourth-order valence-corrected chi connectivity index (χ4v) is 1.71. The average molecular weight is 192 g/mol. The van der Waals surface area contributed by atoms with E-state index >= 15 is 0 Å². The highest BCUT2D eigenvalue weighted by Gasteiger charge is 2.15. The normalized spacial score (nSPS) is 14.8. The summed E-state index contributed by atoms with van der Waals surface area (Å²) in [6.07, 6.45) is 0.859. The Morgan fingerprint density at radius 3 is 3.00 bits per heavy atom. The molecule has 0 aromatic heterocycles. The summed E-state index contributed by atoms with van der Waals surface area (Å²) in [6, 6.07) is 5.93. The maximum absolute atomic E-state index is 10.3. The highest BCUT2D eigenvalue weighted by atomic mass is 16.5. The van der Waals surface area contributed by atoms with Crippen LogP contribution in [-0.2, 0) is 13.0 Å². The van der Waals surface area contributed by atoms with Crippen LogP contribution in [0.1, 0.15) is 11.1 Å². The summed E-state index contributed by atoms with van der Waals surface area (Å²) in [5.41, 5.74) is 2.42. The lowest BCUT2D eigenvalue weighted by Crippen LogP contribution is -2.25. The number of rotatable bonds is 2. The molecule has 0 bridgehead atoms. The van der Waals surface area contributed by atoms with Crippen LogP contribution in [0.5, 0.6) is 5.75 Å². The van der Waals surface area contributed by atoms with E-state index in [1.54, 1.807) is 7.11 Å². The molecule has 74 valence electrons. The van der Waals surface area contributed by atoms with Gasteiger partial charge in [0, 0.05) is 6.54 Å². The molecule has 0 unspecified atom stereocenters. The van der Waals surface area contributed by atoms with Crippen LogP contribution in [0.15, 0.2) is 23.5 Å². The van der Waals surface area contributed by atoms with Crippen LogP contribution in [0.2, 0.25) is 0 Å². The second-order valence-electron chi connectivity index (χ2n) is 3.35. The summed E-state index contributed by atoms with van der Waals surface area (Å²) < 4.78 is 5.13. The second kappa shape index (κ2) is 3.65. The number of nitroso groups, excluding NO2 is 1. The summed E-state index contributed by atoms with van der Waals surface area (Å²) in [5, 5.41) is 4.48. The lowest BCUT2D eigenvalue weighted by Gasteiger charge is -2.23. The Kier molecular flexibility index (Phi) is 2.35. The van der Waals surface area contributed by atoms with E-state index in [1.807, 2.05) is 18.2 Å². The summed E-state index contributed by atoms with van der Waals surface area (Å²) in [7, 11) is 1.66. The fourth-order valence-electron chi connectivity index (χ4n) is 1.71. The summed E-state index contributed by atoms with van der Waals surface area (Å²) in [6.45, 7) is 1.31. The number of benzene rings is 1. The van der Waals surface area contributed by atoms with Crippen LogP contribution in [0.4, 0.5) is 0 Å². The highest BCUT2D eigenvalue weighted by molar-refractivity contribution is 5.36. The summed E-state index contributed by atoms with van der Waals surface area (Å²) in [4.78, 5) is 10.3. The van der Waals surface area contributed by atoms with E-state index in [9.17, 15) is 4.91 Å². The maximum Gasteiger partial charge on any atom is 0.119 e. The van der Waals surface area contributed by atoms with Crippen molar-refractivity contribution in [3.05, 3.63) is 34.2 Å². The largest absolute Gasteiger partial charge is 0.497 e. The van der Waals surface area contributed by atoms with Crippen molar-refractivity contribution in [3.8, 4) is 5.75 Å². The molecule has 0 fully saturated rings. The molecule has 0 aliphatic carbocycles. The zero-order chi connectivity index (χ0) is 9.97. The first-order chi connectivity index (χ1) is 6.83. The van der Waals surface area contributed by atoms with E-state index in [-0.39, 0.29) is 0 Å². The van der Waals surface area contributed by atoms with Crippen LogP contribution in [0.25, 0.3) is 0 Å². The van der Waals surface area contributed by atoms with Crippen LogP contribution >= 0.6 is 0 Å². The maximum atomic E-state index is 10.3. The van der Waals surface area contributed by atoms with Crippen molar-refractivity contribution in [2.75, 3.05) is 13.7 Å². The minimum atomic E-state index is 0.614. The fraction of sp³-hybridized carbons (Fsp3) is 0.400. The third-order valence-electron chi connectivity index (χ3n) is 2.52. The highest BCUT2D eigenvalue weighted by Crippen LogP contribution is 2.23. The minimum absolute atomic E-state index is 0.614. The van der Waals surface area contributed by atoms with Crippen molar-refractivity contribution < 1.29 is 4.74 Å². The molecular weight excluding hydrogens is 180 g/mol. The third-order valence-corrected chi connectivity index (χ3v) is 2.52. The van der Waals surface area contributed by atoms with Gasteiger partial charge < -0.3 is 4.74 Å². The Morgan fingerprint density at radius 1 is 1.43 bits per heavy atom. The molecule has 1 aliphatic heterocycles. The standard InChI is InChI=1S/C10H12N2O2/c1-14-10-3-2-9-7-12(11-13)5-4-8(9)6-10/h2-3,6H,4-5,7H2,1H3. The molecule has 1 aromatic rings. The topological polar surface area (TPSA) is 41.9 Å². The second-order valence-corrected chi connectivity index (χ2v) is 3.35. The number of ether oxygens (including phenoxy) is 1. The van der Waals surface area contributed by atoms with Crippen molar-refractivity contribution in [1.82, 2.24) is 5.01 Å². The summed E-state index contributed by atoms with van der Waals surface area (Å²) in [5.74, 6) is 0.872. The third kappa shape index (κ3) is 1.55. The van der Waals surface area contributed by atoms with Crippen molar-refractivity contribution in [1.29, 1.82) is 0 Å². The van der Waals surface area contributed by atoms with Crippen molar-refractivity contribution in [2.45, 2.75) is 13.0 Å². The molecule has 2 rings (SSSR count). The Bertz CT molecular complexity index is 352. The Labute approximate surface area is 82.4 Å². The van der Waals surface area contributed by atoms with Gasteiger partial charge in [-0.05, 0) is 29.7 Å². The molecule has 0 saturated carbocycles. The van der Waals surface area contributed by atoms with Gasteiger partial charge in [-0.25, -0.2) is 0 Å². The molecule has 0 N–H and O–H groups in total. The van der Waals surface area contributed by atoms with Gasteiger partial charge in [-0.1, -0.05) is 6.07 Å². The van der Waals surface area contributed by atoms with Crippen molar-refractivity contribution in [3.63, 3.8) is 0 Å². The van der Waals surface area contributed by atoms with Gasteiger partial charge in [-0.2, -0.15) is 0 Å². The van der Waals surface area contributed by atoms with E-state index in [4.69, 9.17) is 4.74 Å². The molecular formula is C10H12N2O2. The van der Waals surface area contributed by atoms with E-state index in [1.165, 1.54) is 10.6 Å². The van der Waals surface area contributed by atoms with Crippen LogP contribution in [0, 0.1) is 4.91 Å². The van der Waals surface area contributed by atoms with Gasteiger partial charge in [-0.3, -0.25) is 5.01 Å². The predicted molar refractivity (Wildman–Crippen MR) is 52.9 cm³/mol. The van der Waals surface area contributed by atoms with E-state index in [0.29, 0.717) is 13.1 Å². The molecule has 0 spiro atoms. The molecule has 0 atom stereocenters.